The van der Waals surface area contributed by atoms with Gasteiger partial charge in [0.05, 0.1) is 18.6 Å². The van der Waals surface area contributed by atoms with Crippen LogP contribution >= 0.6 is 0 Å². The number of carbonyl (C=O) groups excluding carboxylic acids is 1. The predicted octanol–water partition coefficient (Wildman–Crippen LogP) is 2.46. The van der Waals surface area contributed by atoms with Crippen LogP contribution in [0.1, 0.15) is 16.8 Å². The van der Waals surface area contributed by atoms with Gasteiger partial charge in [0, 0.05) is 45.1 Å². The normalized spacial score (nSPS) is 14.1. The topological polar surface area (TPSA) is 72.7 Å². The van der Waals surface area contributed by atoms with Crippen LogP contribution in [0.25, 0.3) is 11.0 Å². The number of likely N-dealkylation sites (N-methyl/N-ethyl adjacent to an activating group) is 1. The molecule has 1 aliphatic rings. The van der Waals surface area contributed by atoms with Gasteiger partial charge in [-0.25, -0.2) is 9.67 Å². The van der Waals surface area contributed by atoms with Crippen molar-refractivity contribution in [2.75, 3.05) is 44.9 Å². The number of nitrogens with zero attached hydrogens (tertiary/aromatic N) is 5. The summed E-state index contributed by atoms with van der Waals surface area (Å²) in [5.74, 6) is 0.341. The minimum absolute atomic E-state index is 0.0677. The molecule has 1 aromatic carbocycles. The summed E-state index contributed by atoms with van der Waals surface area (Å²) in [4.78, 5) is 21.2. The molecule has 0 unspecified atom stereocenters. The molecule has 3 heterocycles. The van der Waals surface area contributed by atoms with Crippen molar-refractivity contribution < 1.29 is 14.3 Å². The molecule has 0 atom stereocenters. The van der Waals surface area contributed by atoms with Crippen molar-refractivity contribution in [3.05, 3.63) is 47.2 Å². The molecule has 0 radical (unpaired) electrons. The molecule has 2 aromatic heterocycles. The largest absolute Gasteiger partial charge is 0.466 e. The van der Waals surface area contributed by atoms with E-state index in [-0.39, 0.29) is 12.5 Å². The monoisotopic (exact) mass is 423 g/mol. The quantitative estimate of drug-likeness (QED) is 0.607. The van der Waals surface area contributed by atoms with Crippen LogP contribution in [0.15, 0.2) is 30.3 Å². The summed E-state index contributed by atoms with van der Waals surface area (Å²) in [5, 5.41) is 5.26. The van der Waals surface area contributed by atoms with Gasteiger partial charge in [0.2, 0.25) is 5.88 Å². The Balaban J connectivity index is 1.36. The van der Waals surface area contributed by atoms with Gasteiger partial charge in [-0.3, -0.25) is 4.79 Å². The van der Waals surface area contributed by atoms with E-state index >= 15 is 0 Å². The molecule has 8 nitrogen and oxygen atoms in total. The van der Waals surface area contributed by atoms with E-state index in [1.165, 1.54) is 5.69 Å². The predicted molar refractivity (Wildman–Crippen MR) is 119 cm³/mol. The molecule has 8 heteroatoms. The maximum atomic E-state index is 12.6. The van der Waals surface area contributed by atoms with E-state index in [9.17, 15) is 4.79 Å². The molecule has 3 aromatic rings. The van der Waals surface area contributed by atoms with Crippen LogP contribution in [-0.2, 0) is 23.1 Å². The van der Waals surface area contributed by atoms with Gasteiger partial charge in [-0.1, -0.05) is 12.1 Å². The number of pyridine rings is 1. The number of aromatic nitrogens is 3. The number of aryl methyl sites for hydroxylation is 3. The average Bonchev–Trinajstić information content (AvgIpc) is 3.08. The van der Waals surface area contributed by atoms with Crippen LogP contribution in [0.5, 0.6) is 5.88 Å². The Morgan fingerprint density at radius 1 is 1.19 bits per heavy atom. The fraction of sp³-hybridized carbons (Fsp3) is 0.435. The van der Waals surface area contributed by atoms with Crippen molar-refractivity contribution in [1.29, 1.82) is 0 Å². The fourth-order valence-corrected chi connectivity index (χ4v) is 3.89. The number of hydrogen-bond acceptors (Lipinski definition) is 6. The van der Waals surface area contributed by atoms with Gasteiger partial charge in [-0.15, -0.1) is 5.10 Å². The zero-order valence-corrected chi connectivity index (χ0v) is 18.6. The third-order valence-electron chi connectivity index (χ3n) is 5.58. The Morgan fingerprint density at radius 2 is 1.90 bits per heavy atom. The van der Waals surface area contributed by atoms with E-state index in [0.29, 0.717) is 12.4 Å². The zero-order valence-electron chi connectivity index (χ0n) is 18.6. The highest BCUT2D eigenvalue weighted by molar-refractivity contribution is 5.85. The van der Waals surface area contributed by atoms with Crippen molar-refractivity contribution >= 4 is 22.6 Å². The molecular formula is C23H29N5O3. The summed E-state index contributed by atoms with van der Waals surface area (Å²) in [6, 6.07) is 10.3. The summed E-state index contributed by atoms with van der Waals surface area (Å²) in [5.41, 5.74) is 4.98. The summed E-state index contributed by atoms with van der Waals surface area (Å²) < 4.78 is 12.9. The summed E-state index contributed by atoms with van der Waals surface area (Å²) in [6.07, 6.45) is 0. The Kier molecular flexibility index (Phi) is 6.08. The molecule has 31 heavy (non-hydrogen) atoms. The molecule has 0 aliphatic carbocycles. The van der Waals surface area contributed by atoms with E-state index in [1.807, 2.05) is 27.0 Å². The van der Waals surface area contributed by atoms with Crippen molar-refractivity contribution in [2.45, 2.75) is 20.4 Å². The molecular weight excluding hydrogens is 394 g/mol. The van der Waals surface area contributed by atoms with Crippen LogP contribution < -0.4 is 9.64 Å². The van der Waals surface area contributed by atoms with Crippen LogP contribution in [0.4, 0.5) is 5.69 Å². The van der Waals surface area contributed by atoms with E-state index < -0.39 is 0 Å². The van der Waals surface area contributed by atoms with E-state index in [4.69, 9.17) is 9.47 Å². The molecule has 164 valence electrons. The van der Waals surface area contributed by atoms with E-state index in [2.05, 4.69) is 39.2 Å². The first kappa shape index (κ1) is 21.1. The number of ether oxygens (including phenoxy) is 2. The molecule has 4 rings (SSSR count). The number of benzene rings is 1. The molecule has 1 aliphatic heterocycles. The van der Waals surface area contributed by atoms with Gasteiger partial charge in [-0.05, 0) is 43.2 Å². The maximum absolute atomic E-state index is 12.6. The minimum atomic E-state index is -0.103. The summed E-state index contributed by atoms with van der Waals surface area (Å²) in [7, 11) is 3.61. The smallest absolute Gasteiger partial charge is 0.260 e. The summed E-state index contributed by atoms with van der Waals surface area (Å²) in [6.45, 7) is 7.75. The highest BCUT2D eigenvalue weighted by Crippen LogP contribution is 2.27. The van der Waals surface area contributed by atoms with Gasteiger partial charge < -0.3 is 19.3 Å². The highest BCUT2D eigenvalue weighted by atomic mass is 16.5. The number of carbonyl (C=O) groups is 1. The second-order valence-corrected chi connectivity index (χ2v) is 8.01. The van der Waals surface area contributed by atoms with Crippen LogP contribution in [0.3, 0.4) is 0 Å². The first-order valence-corrected chi connectivity index (χ1v) is 10.5. The van der Waals surface area contributed by atoms with Gasteiger partial charge in [-0.2, -0.15) is 0 Å². The highest BCUT2D eigenvalue weighted by Gasteiger charge is 2.17. The molecule has 1 saturated heterocycles. The lowest BCUT2D eigenvalue weighted by molar-refractivity contribution is -0.132. The number of morpholine rings is 1. The van der Waals surface area contributed by atoms with Crippen molar-refractivity contribution in [2.24, 2.45) is 7.05 Å². The van der Waals surface area contributed by atoms with E-state index in [0.717, 1.165) is 54.2 Å². The van der Waals surface area contributed by atoms with Crippen molar-refractivity contribution in [1.82, 2.24) is 19.7 Å². The molecule has 1 fully saturated rings. The lowest BCUT2D eigenvalue weighted by atomic mass is 10.1. The number of rotatable bonds is 6. The third kappa shape index (κ3) is 4.64. The molecule has 0 bridgehead atoms. The van der Waals surface area contributed by atoms with Crippen LogP contribution in [0, 0.1) is 13.8 Å². The Bertz CT molecular complexity index is 1070. The van der Waals surface area contributed by atoms with E-state index in [1.54, 1.807) is 16.6 Å². The van der Waals surface area contributed by atoms with Crippen molar-refractivity contribution in [3.63, 3.8) is 0 Å². The maximum Gasteiger partial charge on any atom is 0.260 e. The SMILES string of the molecule is Cc1cc(C)c2c(OCC(=O)N(C)Cc3ccc(N4CCOCC4)cc3)nn(C)c2n1. The molecule has 0 saturated carbocycles. The lowest BCUT2D eigenvalue weighted by Gasteiger charge is -2.29. The van der Waals surface area contributed by atoms with Gasteiger partial charge in [0.1, 0.15) is 0 Å². The van der Waals surface area contributed by atoms with Gasteiger partial charge >= 0.3 is 0 Å². The Hall–Kier alpha value is -3.13. The molecule has 1 amide bonds. The molecule has 0 N–H and O–H groups in total. The zero-order chi connectivity index (χ0) is 22.0. The number of hydrogen-bond donors (Lipinski definition) is 0. The van der Waals surface area contributed by atoms with Crippen LogP contribution in [0.2, 0.25) is 0 Å². The second-order valence-electron chi connectivity index (χ2n) is 8.01. The second kappa shape index (κ2) is 8.93. The lowest BCUT2D eigenvalue weighted by Crippen LogP contribution is -2.36. The average molecular weight is 424 g/mol. The number of anilines is 1. The van der Waals surface area contributed by atoms with Gasteiger partial charge in [0.15, 0.2) is 12.3 Å². The summed E-state index contributed by atoms with van der Waals surface area (Å²) >= 11 is 0. The number of amides is 1. The standard InChI is InChI=1S/C23H29N5O3/c1-16-13-17(2)24-22-21(16)23(25-27(22)4)31-15-20(29)26(3)14-18-5-7-19(8-6-18)28-9-11-30-12-10-28/h5-8,13H,9-12,14-15H2,1-4H3. The molecule has 0 spiro atoms. The van der Waals surface area contributed by atoms with Crippen molar-refractivity contribution in [3.8, 4) is 5.88 Å². The third-order valence-corrected chi connectivity index (χ3v) is 5.58. The van der Waals surface area contributed by atoms with Gasteiger partial charge in [0.25, 0.3) is 5.91 Å². The first-order chi connectivity index (χ1) is 14.9. The Labute approximate surface area is 182 Å². The first-order valence-electron chi connectivity index (χ1n) is 10.5. The minimum Gasteiger partial charge on any atom is -0.466 e. The number of fused-ring (bicyclic) bond motifs is 1. The Morgan fingerprint density at radius 3 is 2.61 bits per heavy atom. The fourth-order valence-electron chi connectivity index (χ4n) is 3.89. The van der Waals surface area contributed by atoms with Crippen LogP contribution in [-0.4, -0.2) is 65.5 Å².